The lowest BCUT2D eigenvalue weighted by Crippen LogP contribution is -1.84. The van der Waals surface area contributed by atoms with E-state index < -0.39 is 0 Å². The number of ether oxygens (including phenoxy) is 1. The molecule has 0 unspecified atom stereocenters. The minimum atomic E-state index is 0.429. The second kappa shape index (κ2) is 6.85. The Balaban J connectivity index is 0.000000606. The van der Waals surface area contributed by atoms with Gasteiger partial charge in [0.15, 0.2) is 0 Å². The van der Waals surface area contributed by atoms with Gasteiger partial charge in [-0.25, -0.2) is 4.98 Å². The van der Waals surface area contributed by atoms with Crippen LogP contribution in [-0.4, -0.2) is 4.98 Å². The summed E-state index contributed by atoms with van der Waals surface area (Å²) in [4.78, 5) is 3.87. The Morgan fingerprint density at radius 1 is 1.00 bits per heavy atom. The number of benzene rings is 1. The van der Waals surface area contributed by atoms with Crippen LogP contribution in [0.25, 0.3) is 0 Å². The van der Waals surface area contributed by atoms with E-state index in [-0.39, 0.29) is 0 Å². The quantitative estimate of drug-likeness (QED) is 0.713. The Morgan fingerprint density at radius 2 is 1.69 bits per heavy atom. The second-order valence-corrected chi connectivity index (χ2v) is 3.12. The fourth-order valence-corrected chi connectivity index (χ4v) is 1.24. The van der Waals surface area contributed by atoms with Gasteiger partial charge in [-0.1, -0.05) is 43.6 Å². The van der Waals surface area contributed by atoms with Crippen LogP contribution >= 0.6 is 11.6 Å². The highest BCUT2D eigenvalue weighted by atomic mass is 35.5. The van der Waals surface area contributed by atoms with E-state index in [1.54, 1.807) is 18.3 Å². The second-order valence-electron chi connectivity index (χ2n) is 2.73. The van der Waals surface area contributed by atoms with Crippen molar-refractivity contribution in [1.82, 2.24) is 4.98 Å². The summed E-state index contributed by atoms with van der Waals surface area (Å²) in [6.07, 6.45) is 1.61. The predicted molar refractivity (Wildman–Crippen MR) is 67.1 cm³/mol. The number of hydrogen-bond acceptors (Lipinski definition) is 2. The summed E-state index contributed by atoms with van der Waals surface area (Å²) in [6, 6.07) is 13.0. The molecule has 2 rings (SSSR count). The summed E-state index contributed by atoms with van der Waals surface area (Å²) in [5.74, 6) is 1.48. The first-order chi connectivity index (χ1) is 7.84. The third kappa shape index (κ3) is 3.91. The van der Waals surface area contributed by atoms with Gasteiger partial charge >= 0.3 is 0 Å². The summed E-state index contributed by atoms with van der Waals surface area (Å²) in [5.41, 5.74) is 0. The number of rotatable bonds is 2. The molecule has 0 bridgehead atoms. The topological polar surface area (TPSA) is 22.1 Å². The minimum Gasteiger partial charge on any atom is -0.457 e. The highest BCUT2D eigenvalue weighted by molar-refractivity contribution is 6.29. The van der Waals surface area contributed by atoms with Gasteiger partial charge in [0.2, 0.25) is 0 Å². The Hall–Kier alpha value is -1.54. The van der Waals surface area contributed by atoms with E-state index in [1.807, 2.05) is 44.2 Å². The monoisotopic (exact) mass is 235 g/mol. The van der Waals surface area contributed by atoms with Crippen LogP contribution in [0, 0.1) is 0 Å². The van der Waals surface area contributed by atoms with Crippen LogP contribution in [0.4, 0.5) is 0 Å². The van der Waals surface area contributed by atoms with Crippen LogP contribution in [-0.2, 0) is 0 Å². The first-order valence-electron chi connectivity index (χ1n) is 5.19. The fourth-order valence-electron chi connectivity index (χ4n) is 1.07. The smallest absolute Gasteiger partial charge is 0.132 e. The molecule has 0 N–H and O–H groups in total. The van der Waals surface area contributed by atoms with E-state index in [1.165, 1.54) is 0 Å². The van der Waals surface area contributed by atoms with E-state index in [9.17, 15) is 0 Å². The lowest BCUT2D eigenvalue weighted by Gasteiger charge is -2.04. The Morgan fingerprint density at radius 3 is 2.31 bits per heavy atom. The molecular weight excluding hydrogens is 222 g/mol. The van der Waals surface area contributed by atoms with Gasteiger partial charge in [-0.15, -0.1) is 0 Å². The van der Waals surface area contributed by atoms with E-state index in [0.29, 0.717) is 10.9 Å². The molecule has 0 aliphatic heterocycles. The molecule has 2 aromatic rings. The average Bonchev–Trinajstić information content (AvgIpc) is 2.33. The molecule has 0 saturated carbocycles. The van der Waals surface area contributed by atoms with E-state index in [4.69, 9.17) is 16.3 Å². The van der Waals surface area contributed by atoms with Crippen LogP contribution in [0.1, 0.15) is 13.8 Å². The van der Waals surface area contributed by atoms with Gasteiger partial charge in [0.05, 0.1) is 0 Å². The van der Waals surface area contributed by atoms with Crippen molar-refractivity contribution in [3.05, 3.63) is 53.8 Å². The van der Waals surface area contributed by atoms with Crippen LogP contribution in [0.3, 0.4) is 0 Å². The van der Waals surface area contributed by atoms with Crippen LogP contribution < -0.4 is 4.74 Å². The first kappa shape index (κ1) is 12.5. The molecule has 16 heavy (non-hydrogen) atoms. The molecule has 0 spiro atoms. The van der Waals surface area contributed by atoms with E-state index in [2.05, 4.69) is 4.98 Å². The van der Waals surface area contributed by atoms with E-state index in [0.717, 1.165) is 5.75 Å². The van der Waals surface area contributed by atoms with Crippen molar-refractivity contribution < 1.29 is 4.74 Å². The Kier molecular flexibility index (Phi) is 5.37. The molecule has 1 aromatic heterocycles. The van der Waals surface area contributed by atoms with Crippen molar-refractivity contribution in [3.8, 4) is 11.5 Å². The molecule has 2 nitrogen and oxygen atoms in total. The Labute approximate surface area is 101 Å². The largest absolute Gasteiger partial charge is 0.457 e. The third-order valence-corrected chi connectivity index (χ3v) is 1.88. The molecule has 84 valence electrons. The molecule has 0 atom stereocenters. The zero-order chi connectivity index (χ0) is 11.8. The number of pyridine rings is 1. The van der Waals surface area contributed by atoms with Gasteiger partial charge in [0, 0.05) is 12.3 Å². The van der Waals surface area contributed by atoms with Gasteiger partial charge in [0.1, 0.15) is 16.7 Å². The molecule has 0 saturated heterocycles. The lowest BCUT2D eigenvalue weighted by molar-refractivity contribution is 0.482. The van der Waals surface area contributed by atoms with Crippen molar-refractivity contribution in [2.75, 3.05) is 0 Å². The first-order valence-corrected chi connectivity index (χ1v) is 5.57. The highest BCUT2D eigenvalue weighted by Gasteiger charge is 1.96. The minimum absolute atomic E-state index is 0.429. The van der Waals surface area contributed by atoms with Gasteiger partial charge in [-0.05, 0) is 18.2 Å². The lowest BCUT2D eigenvalue weighted by atomic mass is 10.3. The summed E-state index contributed by atoms with van der Waals surface area (Å²) < 4.78 is 5.53. The molecule has 0 radical (unpaired) electrons. The number of para-hydroxylation sites is 1. The molecule has 0 aliphatic rings. The summed E-state index contributed by atoms with van der Waals surface area (Å²) in [6.45, 7) is 4.00. The third-order valence-electron chi connectivity index (χ3n) is 1.68. The highest BCUT2D eigenvalue weighted by Crippen LogP contribution is 2.21. The van der Waals surface area contributed by atoms with Gasteiger partial charge < -0.3 is 4.74 Å². The Bertz CT molecular complexity index is 417. The standard InChI is InChI=1S/C11H8ClNO.C2H6/c12-11-8-10(6-7-13-11)14-9-4-2-1-3-5-9;1-2/h1-8H;1-2H3. The number of aromatic nitrogens is 1. The van der Waals surface area contributed by atoms with Gasteiger partial charge in [0.25, 0.3) is 0 Å². The van der Waals surface area contributed by atoms with Crippen LogP contribution in [0.15, 0.2) is 48.7 Å². The summed E-state index contributed by atoms with van der Waals surface area (Å²) in [7, 11) is 0. The molecule has 1 aromatic carbocycles. The van der Waals surface area contributed by atoms with Gasteiger partial charge in [-0.2, -0.15) is 0 Å². The maximum absolute atomic E-state index is 5.72. The van der Waals surface area contributed by atoms with Crippen molar-refractivity contribution in [2.24, 2.45) is 0 Å². The molecule has 3 heteroatoms. The molecule has 0 aliphatic carbocycles. The molecule has 1 heterocycles. The predicted octanol–water partition coefficient (Wildman–Crippen LogP) is 4.55. The van der Waals surface area contributed by atoms with E-state index >= 15 is 0 Å². The van der Waals surface area contributed by atoms with Crippen molar-refractivity contribution in [1.29, 1.82) is 0 Å². The van der Waals surface area contributed by atoms with Crippen molar-refractivity contribution >= 4 is 11.6 Å². The number of hydrogen-bond donors (Lipinski definition) is 0. The maximum Gasteiger partial charge on any atom is 0.132 e. The normalized spacial score (nSPS) is 8.94. The number of halogens is 1. The summed E-state index contributed by atoms with van der Waals surface area (Å²) in [5, 5.41) is 0.429. The maximum atomic E-state index is 5.72. The van der Waals surface area contributed by atoms with Gasteiger partial charge in [-0.3, -0.25) is 0 Å². The zero-order valence-electron chi connectivity index (χ0n) is 9.35. The average molecular weight is 236 g/mol. The number of nitrogens with zero attached hydrogens (tertiary/aromatic N) is 1. The van der Waals surface area contributed by atoms with Crippen LogP contribution in [0.2, 0.25) is 5.15 Å². The fraction of sp³-hybridized carbons (Fsp3) is 0.154. The molecule has 0 amide bonds. The zero-order valence-corrected chi connectivity index (χ0v) is 10.1. The van der Waals surface area contributed by atoms with Crippen molar-refractivity contribution in [3.63, 3.8) is 0 Å². The molecular formula is C13H14ClNO. The van der Waals surface area contributed by atoms with Crippen LogP contribution in [0.5, 0.6) is 11.5 Å². The van der Waals surface area contributed by atoms with Crippen molar-refractivity contribution in [2.45, 2.75) is 13.8 Å². The molecule has 0 fully saturated rings. The SMILES string of the molecule is CC.Clc1cc(Oc2ccccc2)ccn1. The summed E-state index contributed by atoms with van der Waals surface area (Å²) >= 11 is 5.72.